The van der Waals surface area contributed by atoms with Crippen molar-refractivity contribution in [1.29, 1.82) is 0 Å². The lowest BCUT2D eigenvalue weighted by Gasteiger charge is -1.93. The van der Waals surface area contributed by atoms with Crippen molar-refractivity contribution in [3.05, 3.63) is 0 Å². The number of hydrogen-bond acceptors (Lipinski definition) is 3. The van der Waals surface area contributed by atoms with E-state index >= 15 is 0 Å². The molecule has 0 radical (unpaired) electrons. The predicted octanol–water partition coefficient (Wildman–Crippen LogP) is -0.546. The molecule has 0 aromatic rings. The van der Waals surface area contributed by atoms with Crippen LogP contribution in [0, 0.1) is 0 Å². The zero-order chi connectivity index (χ0) is 11.1. The van der Waals surface area contributed by atoms with Crippen molar-refractivity contribution in [3.8, 4) is 0 Å². The molecule has 5 N–H and O–H groups in total. The van der Waals surface area contributed by atoms with E-state index in [0.717, 1.165) is 0 Å². The first-order valence-electron chi connectivity index (χ1n) is 3.00. The highest BCUT2D eigenvalue weighted by Gasteiger charge is 2.38. The lowest BCUT2D eigenvalue weighted by atomic mass is 10.4. The Morgan fingerprint density at radius 1 is 1.31 bits per heavy atom. The number of carbonyl (C=O) groups is 2. The zero-order valence-corrected chi connectivity index (χ0v) is 6.47. The summed E-state index contributed by atoms with van der Waals surface area (Å²) in [4.78, 5) is 18.6. The first kappa shape index (κ1) is 14.2. The van der Waals surface area contributed by atoms with E-state index in [1.165, 1.54) is 0 Å². The van der Waals surface area contributed by atoms with E-state index in [1.54, 1.807) is 0 Å². The lowest BCUT2D eigenvalue weighted by molar-refractivity contribution is -0.192. The van der Waals surface area contributed by atoms with E-state index in [1.807, 2.05) is 0 Å². The molecule has 8 heteroatoms. The quantitative estimate of drug-likeness (QED) is 0.558. The highest BCUT2D eigenvalue weighted by molar-refractivity contribution is 5.73. The van der Waals surface area contributed by atoms with Crippen molar-refractivity contribution in [2.75, 3.05) is 6.54 Å². The van der Waals surface area contributed by atoms with Crippen LogP contribution < -0.4 is 11.5 Å². The van der Waals surface area contributed by atoms with E-state index < -0.39 is 12.1 Å². The molecule has 5 nitrogen and oxygen atoms in total. The van der Waals surface area contributed by atoms with Gasteiger partial charge in [0.05, 0.1) is 0 Å². The smallest absolute Gasteiger partial charge is 0.475 e. The molecule has 0 unspecified atom stereocenters. The normalized spacial score (nSPS) is 9.85. The van der Waals surface area contributed by atoms with Crippen LogP contribution in [0.15, 0.2) is 0 Å². The SMILES string of the molecule is NCCC(N)=O.O=C(O)C(F)(F)F. The second kappa shape index (κ2) is 6.23. The standard InChI is InChI=1S/C3H8N2O.C2HF3O2/c4-2-1-3(5)6;3-2(4,5)1(6)7/h1-2,4H2,(H2,5,6);(H,6,7). The summed E-state index contributed by atoms with van der Waals surface area (Å²) in [6.45, 7) is 0.356. The van der Waals surface area contributed by atoms with E-state index in [9.17, 15) is 18.0 Å². The Labute approximate surface area is 71.5 Å². The van der Waals surface area contributed by atoms with Crippen LogP contribution in [0.25, 0.3) is 0 Å². The largest absolute Gasteiger partial charge is 0.490 e. The van der Waals surface area contributed by atoms with Gasteiger partial charge in [-0.25, -0.2) is 4.79 Å². The number of aliphatic carboxylic acids is 1. The van der Waals surface area contributed by atoms with Gasteiger partial charge in [-0.05, 0) is 0 Å². The van der Waals surface area contributed by atoms with Crippen molar-refractivity contribution in [2.24, 2.45) is 11.5 Å². The third-order valence-electron chi connectivity index (χ3n) is 0.633. The number of primary amides is 1. The number of carboxylic acids is 1. The maximum atomic E-state index is 10.6. The molecule has 0 aliphatic rings. The average molecular weight is 202 g/mol. The van der Waals surface area contributed by atoms with Crippen molar-refractivity contribution >= 4 is 11.9 Å². The monoisotopic (exact) mass is 202 g/mol. The first-order valence-corrected chi connectivity index (χ1v) is 3.00. The van der Waals surface area contributed by atoms with Crippen LogP contribution in [-0.4, -0.2) is 29.7 Å². The summed E-state index contributed by atoms with van der Waals surface area (Å²) in [5.74, 6) is -3.09. The van der Waals surface area contributed by atoms with Crippen LogP contribution in [-0.2, 0) is 9.59 Å². The minimum Gasteiger partial charge on any atom is -0.475 e. The molecule has 0 spiro atoms. The van der Waals surface area contributed by atoms with Gasteiger partial charge in [-0.1, -0.05) is 0 Å². The molecule has 13 heavy (non-hydrogen) atoms. The molecule has 0 aromatic heterocycles. The number of rotatable bonds is 2. The zero-order valence-electron chi connectivity index (χ0n) is 6.47. The predicted molar refractivity (Wildman–Crippen MR) is 36.6 cm³/mol. The minimum absolute atomic E-state index is 0.292. The van der Waals surface area contributed by atoms with Gasteiger partial charge in [0.25, 0.3) is 0 Å². The molecule has 0 heterocycles. The molecule has 0 atom stereocenters. The summed E-state index contributed by atoms with van der Waals surface area (Å²) in [7, 11) is 0. The number of halogens is 3. The summed E-state index contributed by atoms with van der Waals surface area (Å²) in [6.07, 6.45) is -4.79. The molecule has 0 bridgehead atoms. The molecule has 78 valence electrons. The van der Waals surface area contributed by atoms with Gasteiger partial charge in [-0.15, -0.1) is 0 Å². The number of amides is 1. The van der Waals surface area contributed by atoms with Gasteiger partial charge in [0.15, 0.2) is 0 Å². The maximum Gasteiger partial charge on any atom is 0.490 e. The Morgan fingerprint density at radius 3 is 1.62 bits per heavy atom. The summed E-state index contributed by atoms with van der Waals surface area (Å²) < 4.78 is 31.7. The molecule has 0 rings (SSSR count). The number of carbonyl (C=O) groups excluding carboxylic acids is 1. The molecule has 0 aliphatic carbocycles. The van der Waals surface area contributed by atoms with Crippen LogP contribution in [0.4, 0.5) is 13.2 Å². The van der Waals surface area contributed by atoms with Gasteiger partial charge in [0, 0.05) is 13.0 Å². The summed E-state index contributed by atoms with van der Waals surface area (Å²) in [6, 6.07) is 0. The van der Waals surface area contributed by atoms with Crippen LogP contribution in [0.3, 0.4) is 0 Å². The fourth-order valence-corrected chi connectivity index (χ4v) is 0.142. The van der Waals surface area contributed by atoms with E-state index in [2.05, 4.69) is 5.73 Å². The fraction of sp³-hybridized carbons (Fsp3) is 0.600. The molecule has 0 saturated heterocycles. The molecule has 0 fully saturated rings. The molecule has 1 amide bonds. The molecular formula is C5H9F3N2O3. The van der Waals surface area contributed by atoms with Gasteiger partial charge in [-0.3, -0.25) is 4.79 Å². The van der Waals surface area contributed by atoms with E-state index in [0.29, 0.717) is 13.0 Å². The Balaban J connectivity index is 0. The Bertz CT molecular complexity index is 180. The summed E-state index contributed by atoms with van der Waals surface area (Å²) in [5, 5.41) is 7.12. The van der Waals surface area contributed by atoms with Crippen LogP contribution in [0.2, 0.25) is 0 Å². The van der Waals surface area contributed by atoms with Crippen LogP contribution in [0.1, 0.15) is 6.42 Å². The number of alkyl halides is 3. The van der Waals surface area contributed by atoms with Gasteiger partial charge >= 0.3 is 12.1 Å². The number of hydrogen-bond donors (Lipinski definition) is 3. The van der Waals surface area contributed by atoms with Crippen molar-refractivity contribution < 1.29 is 27.9 Å². The second-order valence-corrected chi connectivity index (χ2v) is 1.81. The first-order chi connectivity index (χ1) is 5.71. The maximum absolute atomic E-state index is 10.6. The van der Waals surface area contributed by atoms with Crippen LogP contribution in [0.5, 0.6) is 0 Å². The van der Waals surface area contributed by atoms with Gasteiger partial charge in [0.1, 0.15) is 0 Å². The van der Waals surface area contributed by atoms with Gasteiger partial charge < -0.3 is 16.6 Å². The summed E-state index contributed by atoms with van der Waals surface area (Å²) >= 11 is 0. The van der Waals surface area contributed by atoms with Crippen LogP contribution >= 0.6 is 0 Å². The minimum atomic E-state index is -5.08. The third kappa shape index (κ3) is 13.7. The molecule has 0 aliphatic heterocycles. The fourth-order valence-electron chi connectivity index (χ4n) is 0.142. The second-order valence-electron chi connectivity index (χ2n) is 1.81. The van der Waals surface area contributed by atoms with Gasteiger partial charge in [-0.2, -0.15) is 13.2 Å². The summed E-state index contributed by atoms with van der Waals surface area (Å²) in [5.41, 5.74) is 9.61. The van der Waals surface area contributed by atoms with Crippen molar-refractivity contribution in [1.82, 2.24) is 0 Å². The molecular weight excluding hydrogens is 193 g/mol. The van der Waals surface area contributed by atoms with Crippen molar-refractivity contribution in [3.63, 3.8) is 0 Å². The van der Waals surface area contributed by atoms with E-state index in [-0.39, 0.29) is 5.91 Å². The Kier molecular flexibility index (Phi) is 6.82. The Morgan fingerprint density at radius 2 is 1.62 bits per heavy atom. The highest BCUT2D eigenvalue weighted by Crippen LogP contribution is 2.13. The topological polar surface area (TPSA) is 106 Å². The van der Waals surface area contributed by atoms with Crippen molar-refractivity contribution in [2.45, 2.75) is 12.6 Å². The third-order valence-corrected chi connectivity index (χ3v) is 0.633. The highest BCUT2D eigenvalue weighted by atomic mass is 19.4. The molecule has 0 aromatic carbocycles. The lowest BCUT2D eigenvalue weighted by Crippen LogP contribution is -2.21. The van der Waals surface area contributed by atoms with E-state index in [4.69, 9.17) is 15.6 Å². The number of nitrogens with two attached hydrogens (primary N) is 2. The van der Waals surface area contributed by atoms with Gasteiger partial charge in [0.2, 0.25) is 5.91 Å². The number of carboxylic acid groups (broad SMARTS) is 1. The molecule has 0 saturated carbocycles. The average Bonchev–Trinajstić information content (AvgIpc) is 1.85. The Hall–Kier alpha value is -1.31.